The molecule has 1 aromatic rings. The SMILES string of the molecule is CC(C)N1CCC(CC(=O)N[C@H](C)c2nncn2C)CC1. The normalized spacial score (nSPS) is 18.9. The third-order valence-electron chi connectivity index (χ3n) is 4.36. The van der Waals surface area contributed by atoms with E-state index in [2.05, 4.69) is 34.3 Å². The number of likely N-dealkylation sites (tertiary alicyclic amines) is 1. The van der Waals surface area contributed by atoms with Gasteiger partial charge in [-0.1, -0.05) is 0 Å². The van der Waals surface area contributed by atoms with Crippen molar-refractivity contribution in [3.05, 3.63) is 12.2 Å². The molecule has 1 aliphatic rings. The largest absolute Gasteiger partial charge is 0.346 e. The van der Waals surface area contributed by atoms with E-state index in [0.29, 0.717) is 18.4 Å². The van der Waals surface area contributed by atoms with Gasteiger partial charge in [0, 0.05) is 19.5 Å². The molecule has 0 aromatic carbocycles. The molecule has 1 fully saturated rings. The maximum absolute atomic E-state index is 12.2. The summed E-state index contributed by atoms with van der Waals surface area (Å²) in [6, 6.07) is 0.511. The van der Waals surface area contributed by atoms with Crippen molar-refractivity contribution < 1.29 is 4.79 Å². The monoisotopic (exact) mass is 293 g/mol. The molecule has 0 spiro atoms. The van der Waals surface area contributed by atoms with Crippen LogP contribution in [0.1, 0.15) is 51.9 Å². The number of hydrogen-bond donors (Lipinski definition) is 1. The molecule has 0 bridgehead atoms. The molecule has 1 aliphatic heterocycles. The first-order valence-electron chi connectivity index (χ1n) is 7.84. The lowest BCUT2D eigenvalue weighted by Crippen LogP contribution is -2.40. The molecular weight excluding hydrogens is 266 g/mol. The number of aryl methyl sites for hydroxylation is 1. The fourth-order valence-electron chi connectivity index (χ4n) is 2.98. The van der Waals surface area contributed by atoms with Crippen molar-refractivity contribution in [1.29, 1.82) is 0 Å². The standard InChI is InChI=1S/C15H27N5O/c1-11(2)20-7-5-13(6-8-20)9-14(21)17-12(3)15-18-16-10-19(15)4/h10-13H,5-9H2,1-4H3,(H,17,21)/t12-/m1/s1. The second kappa shape index (κ2) is 7.02. The first-order valence-corrected chi connectivity index (χ1v) is 7.84. The molecule has 1 aromatic heterocycles. The van der Waals surface area contributed by atoms with Gasteiger partial charge in [-0.25, -0.2) is 0 Å². The van der Waals surface area contributed by atoms with E-state index in [1.54, 1.807) is 6.33 Å². The van der Waals surface area contributed by atoms with Crippen LogP contribution in [0.5, 0.6) is 0 Å². The van der Waals surface area contributed by atoms with E-state index in [9.17, 15) is 4.79 Å². The fourth-order valence-corrected chi connectivity index (χ4v) is 2.98. The molecule has 1 amide bonds. The molecule has 0 aliphatic carbocycles. The van der Waals surface area contributed by atoms with Gasteiger partial charge in [-0.05, 0) is 52.6 Å². The van der Waals surface area contributed by atoms with Crippen LogP contribution in [-0.4, -0.2) is 44.7 Å². The van der Waals surface area contributed by atoms with Crippen molar-refractivity contribution in [3.8, 4) is 0 Å². The van der Waals surface area contributed by atoms with E-state index in [4.69, 9.17) is 0 Å². The van der Waals surface area contributed by atoms with Crippen molar-refractivity contribution in [1.82, 2.24) is 25.0 Å². The van der Waals surface area contributed by atoms with Gasteiger partial charge in [0.25, 0.3) is 0 Å². The van der Waals surface area contributed by atoms with Gasteiger partial charge in [-0.2, -0.15) is 0 Å². The number of amides is 1. The summed E-state index contributed by atoms with van der Waals surface area (Å²) in [5.41, 5.74) is 0. The van der Waals surface area contributed by atoms with Crippen molar-refractivity contribution >= 4 is 5.91 Å². The van der Waals surface area contributed by atoms with Gasteiger partial charge in [-0.15, -0.1) is 10.2 Å². The second-order valence-corrected chi connectivity index (χ2v) is 6.37. The second-order valence-electron chi connectivity index (χ2n) is 6.37. The molecule has 2 rings (SSSR count). The van der Waals surface area contributed by atoms with Crippen molar-refractivity contribution in [2.75, 3.05) is 13.1 Å². The van der Waals surface area contributed by atoms with Crippen molar-refractivity contribution in [3.63, 3.8) is 0 Å². The lowest BCUT2D eigenvalue weighted by Gasteiger charge is -2.34. The highest BCUT2D eigenvalue weighted by Gasteiger charge is 2.23. The zero-order valence-corrected chi connectivity index (χ0v) is 13.5. The van der Waals surface area contributed by atoms with E-state index in [-0.39, 0.29) is 11.9 Å². The summed E-state index contributed by atoms with van der Waals surface area (Å²) in [5.74, 6) is 1.41. The Balaban J connectivity index is 1.77. The maximum atomic E-state index is 12.2. The topological polar surface area (TPSA) is 63.1 Å². The van der Waals surface area contributed by atoms with Crippen LogP contribution in [0.3, 0.4) is 0 Å². The molecule has 1 atom stereocenters. The molecule has 6 nitrogen and oxygen atoms in total. The highest BCUT2D eigenvalue weighted by molar-refractivity contribution is 5.76. The quantitative estimate of drug-likeness (QED) is 0.893. The Morgan fingerprint density at radius 3 is 2.57 bits per heavy atom. The molecule has 0 radical (unpaired) electrons. The Morgan fingerprint density at radius 2 is 2.05 bits per heavy atom. The van der Waals surface area contributed by atoms with E-state index < -0.39 is 0 Å². The number of rotatable bonds is 5. The highest BCUT2D eigenvalue weighted by Crippen LogP contribution is 2.22. The van der Waals surface area contributed by atoms with E-state index in [0.717, 1.165) is 31.8 Å². The molecular formula is C15H27N5O. The summed E-state index contributed by atoms with van der Waals surface area (Å²) in [4.78, 5) is 14.6. The third-order valence-corrected chi connectivity index (χ3v) is 4.36. The highest BCUT2D eigenvalue weighted by atomic mass is 16.1. The lowest BCUT2D eigenvalue weighted by atomic mass is 9.92. The Morgan fingerprint density at radius 1 is 1.38 bits per heavy atom. The summed E-state index contributed by atoms with van der Waals surface area (Å²) >= 11 is 0. The van der Waals surface area contributed by atoms with Crippen LogP contribution in [0.2, 0.25) is 0 Å². The number of hydrogen-bond acceptors (Lipinski definition) is 4. The van der Waals surface area contributed by atoms with Crippen LogP contribution < -0.4 is 5.32 Å². The fraction of sp³-hybridized carbons (Fsp3) is 0.800. The average Bonchev–Trinajstić information content (AvgIpc) is 2.85. The molecule has 0 unspecified atom stereocenters. The number of carbonyl (C=O) groups is 1. The van der Waals surface area contributed by atoms with Gasteiger partial charge in [0.05, 0.1) is 6.04 Å². The Hall–Kier alpha value is -1.43. The molecule has 118 valence electrons. The third kappa shape index (κ3) is 4.27. The van der Waals surface area contributed by atoms with Crippen LogP contribution in [0.4, 0.5) is 0 Å². The Kier molecular flexibility index (Phi) is 5.33. The van der Waals surface area contributed by atoms with Crippen LogP contribution in [0.25, 0.3) is 0 Å². The summed E-state index contributed by atoms with van der Waals surface area (Å²) < 4.78 is 1.84. The first kappa shape index (κ1) is 15.9. The van der Waals surface area contributed by atoms with Gasteiger partial charge in [-0.3, -0.25) is 4.79 Å². The van der Waals surface area contributed by atoms with Crippen LogP contribution >= 0.6 is 0 Å². The summed E-state index contributed by atoms with van der Waals surface area (Å²) in [6.45, 7) is 8.62. The van der Waals surface area contributed by atoms with Crippen molar-refractivity contribution in [2.45, 2.75) is 52.1 Å². The molecule has 21 heavy (non-hydrogen) atoms. The lowest BCUT2D eigenvalue weighted by molar-refractivity contribution is -0.123. The Bertz CT molecular complexity index is 462. The molecule has 1 N–H and O–H groups in total. The summed E-state index contributed by atoms with van der Waals surface area (Å²) in [6.07, 6.45) is 4.50. The van der Waals surface area contributed by atoms with E-state index >= 15 is 0 Å². The van der Waals surface area contributed by atoms with Gasteiger partial charge in [0.15, 0.2) is 5.82 Å². The van der Waals surface area contributed by atoms with E-state index in [1.807, 2.05) is 18.5 Å². The van der Waals surface area contributed by atoms with Gasteiger partial charge < -0.3 is 14.8 Å². The zero-order valence-electron chi connectivity index (χ0n) is 13.5. The minimum atomic E-state index is -0.0965. The van der Waals surface area contributed by atoms with Gasteiger partial charge >= 0.3 is 0 Å². The van der Waals surface area contributed by atoms with Crippen LogP contribution in [0, 0.1) is 5.92 Å². The smallest absolute Gasteiger partial charge is 0.220 e. The van der Waals surface area contributed by atoms with Gasteiger partial charge in [0.1, 0.15) is 6.33 Å². The number of nitrogens with zero attached hydrogens (tertiary/aromatic N) is 4. The minimum Gasteiger partial charge on any atom is -0.346 e. The molecule has 1 saturated heterocycles. The van der Waals surface area contributed by atoms with Crippen LogP contribution in [-0.2, 0) is 11.8 Å². The molecule has 6 heteroatoms. The van der Waals surface area contributed by atoms with Crippen LogP contribution in [0.15, 0.2) is 6.33 Å². The number of nitrogens with one attached hydrogen (secondary N) is 1. The molecule has 2 heterocycles. The Labute approximate surface area is 126 Å². The zero-order chi connectivity index (χ0) is 15.4. The van der Waals surface area contributed by atoms with E-state index in [1.165, 1.54) is 0 Å². The number of aromatic nitrogens is 3. The van der Waals surface area contributed by atoms with Gasteiger partial charge in [0.2, 0.25) is 5.91 Å². The average molecular weight is 293 g/mol. The van der Waals surface area contributed by atoms with Crippen molar-refractivity contribution in [2.24, 2.45) is 13.0 Å². The minimum absolute atomic E-state index is 0.0965. The summed E-state index contributed by atoms with van der Waals surface area (Å²) in [5, 5.41) is 10.9. The number of piperidine rings is 1. The first-order chi connectivity index (χ1) is 9.97. The maximum Gasteiger partial charge on any atom is 0.220 e. The number of carbonyl (C=O) groups excluding carboxylic acids is 1. The predicted octanol–water partition coefficient (Wildman–Crippen LogP) is 1.50. The molecule has 0 saturated carbocycles. The predicted molar refractivity (Wildman–Crippen MR) is 81.6 cm³/mol. The summed E-state index contributed by atoms with van der Waals surface area (Å²) in [7, 11) is 1.89.